The molecule has 0 radical (unpaired) electrons. The summed E-state index contributed by atoms with van der Waals surface area (Å²) in [5, 5.41) is 0. The molecular weight excluding hydrogens is 342 g/mol. The number of carbonyl (C=O) groups is 2. The zero-order valence-corrected chi connectivity index (χ0v) is 16.7. The van der Waals surface area contributed by atoms with E-state index in [-0.39, 0.29) is 19.1 Å². The molecule has 0 fully saturated rings. The molecule has 2 aromatic carbocycles. The fourth-order valence-corrected chi connectivity index (χ4v) is 2.76. The average Bonchev–Trinajstić information content (AvgIpc) is 2.61. The van der Waals surface area contributed by atoms with E-state index in [0.717, 1.165) is 22.3 Å². The first-order valence-corrected chi connectivity index (χ1v) is 8.92. The van der Waals surface area contributed by atoms with Crippen LogP contribution >= 0.6 is 0 Å². The molecule has 0 unspecified atom stereocenters. The third-order valence-electron chi connectivity index (χ3n) is 4.36. The van der Waals surface area contributed by atoms with E-state index in [1.807, 2.05) is 58.0 Å². The highest BCUT2D eigenvalue weighted by atomic mass is 16.6. The molecule has 0 heterocycles. The lowest BCUT2D eigenvalue weighted by Crippen LogP contribution is -2.31. The Bertz CT molecular complexity index is 829. The van der Waals surface area contributed by atoms with Crippen molar-refractivity contribution in [1.82, 2.24) is 4.90 Å². The van der Waals surface area contributed by atoms with Crippen LogP contribution in [0.25, 0.3) is 0 Å². The van der Waals surface area contributed by atoms with Crippen LogP contribution in [0.3, 0.4) is 0 Å². The van der Waals surface area contributed by atoms with E-state index in [9.17, 15) is 9.59 Å². The van der Waals surface area contributed by atoms with Crippen molar-refractivity contribution < 1.29 is 19.1 Å². The molecule has 0 bridgehead atoms. The molecule has 0 aromatic heterocycles. The van der Waals surface area contributed by atoms with Crippen molar-refractivity contribution in [2.75, 3.05) is 20.3 Å². The first-order chi connectivity index (χ1) is 12.8. The molecule has 0 aliphatic carbocycles. The van der Waals surface area contributed by atoms with Gasteiger partial charge in [0.05, 0.1) is 0 Å². The molecule has 0 N–H and O–H groups in total. The van der Waals surface area contributed by atoms with E-state index in [4.69, 9.17) is 9.47 Å². The van der Waals surface area contributed by atoms with Crippen LogP contribution in [0, 0.1) is 27.7 Å². The van der Waals surface area contributed by atoms with Gasteiger partial charge in [0.1, 0.15) is 5.75 Å². The molecule has 0 atom stereocenters. The smallest absolute Gasteiger partial charge is 0.344 e. The first kappa shape index (κ1) is 20.5. The quantitative estimate of drug-likeness (QED) is 0.701. The van der Waals surface area contributed by atoms with Gasteiger partial charge in [0, 0.05) is 13.6 Å². The van der Waals surface area contributed by atoms with E-state index in [1.165, 1.54) is 5.56 Å². The van der Waals surface area contributed by atoms with E-state index < -0.39 is 5.97 Å². The SMILES string of the molecule is Cc1ccc(CN(C)C(=O)COC(=O)COc2ccc(C)cc2C)c(C)c1. The number of hydrogen-bond donors (Lipinski definition) is 0. The maximum atomic E-state index is 12.2. The van der Waals surface area contributed by atoms with Gasteiger partial charge in [0.2, 0.25) is 0 Å². The number of amides is 1. The summed E-state index contributed by atoms with van der Waals surface area (Å²) in [7, 11) is 1.70. The van der Waals surface area contributed by atoms with E-state index in [2.05, 4.69) is 6.07 Å². The lowest BCUT2D eigenvalue weighted by molar-refractivity contribution is -0.153. The summed E-state index contributed by atoms with van der Waals surface area (Å²) in [6.45, 7) is 7.91. The summed E-state index contributed by atoms with van der Waals surface area (Å²) in [6.07, 6.45) is 0. The van der Waals surface area contributed by atoms with E-state index in [1.54, 1.807) is 11.9 Å². The number of carbonyl (C=O) groups excluding carboxylic acids is 2. The number of benzene rings is 2. The van der Waals surface area contributed by atoms with Gasteiger partial charge in [-0.3, -0.25) is 4.79 Å². The van der Waals surface area contributed by atoms with Crippen molar-refractivity contribution in [2.45, 2.75) is 34.2 Å². The van der Waals surface area contributed by atoms with Crippen LogP contribution in [0.1, 0.15) is 27.8 Å². The van der Waals surface area contributed by atoms with Crippen LogP contribution in [0.2, 0.25) is 0 Å². The molecule has 27 heavy (non-hydrogen) atoms. The number of esters is 1. The van der Waals surface area contributed by atoms with Gasteiger partial charge in [-0.1, -0.05) is 41.5 Å². The van der Waals surface area contributed by atoms with Gasteiger partial charge in [-0.05, 0) is 50.5 Å². The summed E-state index contributed by atoms with van der Waals surface area (Å²) in [4.78, 5) is 25.6. The van der Waals surface area contributed by atoms with Crippen molar-refractivity contribution in [2.24, 2.45) is 0 Å². The molecule has 0 saturated heterocycles. The van der Waals surface area contributed by atoms with Gasteiger partial charge in [0.25, 0.3) is 5.91 Å². The number of rotatable bonds is 7. The zero-order chi connectivity index (χ0) is 20.0. The zero-order valence-electron chi connectivity index (χ0n) is 16.7. The monoisotopic (exact) mass is 369 g/mol. The Morgan fingerprint density at radius 3 is 2.15 bits per heavy atom. The molecular formula is C22H27NO4. The minimum Gasteiger partial charge on any atom is -0.482 e. The normalized spacial score (nSPS) is 10.4. The van der Waals surface area contributed by atoms with Gasteiger partial charge in [-0.2, -0.15) is 0 Å². The van der Waals surface area contributed by atoms with Crippen LogP contribution in [-0.4, -0.2) is 37.0 Å². The molecule has 0 saturated carbocycles. The number of likely N-dealkylation sites (N-methyl/N-ethyl adjacent to an activating group) is 1. The molecule has 0 aliphatic rings. The molecule has 1 amide bonds. The molecule has 0 aliphatic heterocycles. The van der Waals surface area contributed by atoms with Crippen molar-refractivity contribution in [3.63, 3.8) is 0 Å². The van der Waals surface area contributed by atoms with Crippen LogP contribution < -0.4 is 4.74 Å². The van der Waals surface area contributed by atoms with Crippen LogP contribution in [0.15, 0.2) is 36.4 Å². The highest BCUT2D eigenvalue weighted by Crippen LogP contribution is 2.18. The maximum absolute atomic E-state index is 12.2. The summed E-state index contributed by atoms with van der Waals surface area (Å²) in [5.41, 5.74) is 5.46. The Kier molecular flexibility index (Phi) is 6.99. The lowest BCUT2D eigenvalue weighted by Gasteiger charge is -2.19. The van der Waals surface area contributed by atoms with Crippen molar-refractivity contribution in [1.29, 1.82) is 0 Å². The first-order valence-electron chi connectivity index (χ1n) is 8.92. The van der Waals surface area contributed by atoms with Gasteiger partial charge >= 0.3 is 5.97 Å². The summed E-state index contributed by atoms with van der Waals surface area (Å²) >= 11 is 0. The Morgan fingerprint density at radius 2 is 1.52 bits per heavy atom. The number of nitrogens with zero attached hydrogens (tertiary/aromatic N) is 1. The van der Waals surface area contributed by atoms with Gasteiger partial charge in [-0.15, -0.1) is 0 Å². The Hall–Kier alpha value is -2.82. The second kappa shape index (κ2) is 9.21. The Labute approximate surface area is 160 Å². The van der Waals surface area contributed by atoms with E-state index in [0.29, 0.717) is 12.3 Å². The van der Waals surface area contributed by atoms with Crippen molar-refractivity contribution in [3.8, 4) is 5.75 Å². The summed E-state index contributed by atoms with van der Waals surface area (Å²) < 4.78 is 10.5. The minimum atomic E-state index is -0.566. The van der Waals surface area contributed by atoms with Crippen molar-refractivity contribution >= 4 is 11.9 Å². The largest absolute Gasteiger partial charge is 0.482 e. The molecule has 144 valence electrons. The predicted molar refractivity (Wildman–Crippen MR) is 105 cm³/mol. The molecule has 0 spiro atoms. The second-order valence-electron chi connectivity index (χ2n) is 6.90. The van der Waals surface area contributed by atoms with Gasteiger partial charge < -0.3 is 14.4 Å². The van der Waals surface area contributed by atoms with Crippen LogP contribution in [0.5, 0.6) is 5.75 Å². The topological polar surface area (TPSA) is 55.8 Å². The standard InChI is InChI=1S/C22H27NO4/c1-15-6-8-19(17(3)10-15)12-23(5)21(24)13-27-22(25)14-26-20-9-7-16(2)11-18(20)4/h6-11H,12-14H2,1-5H3. The maximum Gasteiger partial charge on any atom is 0.344 e. The number of ether oxygens (including phenoxy) is 2. The van der Waals surface area contributed by atoms with Gasteiger partial charge in [0.15, 0.2) is 13.2 Å². The minimum absolute atomic E-state index is 0.224. The summed E-state index contributed by atoms with van der Waals surface area (Å²) in [5.74, 6) is -0.186. The fourth-order valence-electron chi connectivity index (χ4n) is 2.76. The molecule has 2 rings (SSSR count). The van der Waals surface area contributed by atoms with Crippen molar-refractivity contribution in [3.05, 3.63) is 64.2 Å². The summed E-state index contributed by atoms with van der Waals surface area (Å²) in [6, 6.07) is 11.8. The molecule has 5 heteroatoms. The van der Waals surface area contributed by atoms with Crippen LogP contribution in [0.4, 0.5) is 0 Å². The lowest BCUT2D eigenvalue weighted by atomic mass is 10.1. The second-order valence-corrected chi connectivity index (χ2v) is 6.90. The fraction of sp³-hybridized carbons (Fsp3) is 0.364. The number of hydrogen-bond acceptors (Lipinski definition) is 4. The van der Waals surface area contributed by atoms with E-state index >= 15 is 0 Å². The Balaban J connectivity index is 1.79. The van der Waals surface area contributed by atoms with Crippen LogP contribution in [-0.2, 0) is 20.9 Å². The molecule has 2 aromatic rings. The predicted octanol–water partition coefficient (Wildman–Crippen LogP) is 3.50. The Morgan fingerprint density at radius 1 is 0.889 bits per heavy atom. The molecule has 5 nitrogen and oxygen atoms in total. The third-order valence-corrected chi connectivity index (χ3v) is 4.36. The number of aryl methyl sites for hydroxylation is 4. The highest BCUT2D eigenvalue weighted by Gasteiger charge is 2.14. The average molecular weight is 369 g/mol. The third kappa shape index (κ3) is 6.13. The highest BCUT2D eigenvalue weighted by molar-refractivity contribution is 5.80. The van der Waals surface area contributed by atoms with Gasteiger partial charge in [-0.25, -0.2) is 4.79 Å².